The van der Waals surface area contributed by atoms with E-state index in [0.717, 1.165) is 64.1 Å². The Labute approximate surface area is 231 Å². The fraction of sp³-hybridized carbons (Fsp3) is 0.184. The van der Waals surface area contributed by atoms with Crippen LogP contribution in [0.25, 0.3) is 43.4 Å². The highest BCUT2D eigenvalue weighted by molar-refractivity contribution is 6.32. The predicted molar refractivity (Wildman–Crippen MR) is 167 cm³/mol. The zero-order valence-corrected chi connectivity index (χ0v) is 23.1. The van der Waals surface area contributed by atoms with Gasteiger partial charge >= 0.3 is 0 Å². The lowest BCUT2D eigenvalue weighted by Gasteiger charge is -2.20. The molecule has 0 aliphatic rings. The Morgan fingerprint density at radius 2 is 1.13 bits per heavy atom. The number of carbonyl (C=O) groups is 1. The van der Waals surface area contributed by atoms with E-state index in [1.54, 1.807) is 0 Å². The molecule has 0 amide bonds. The molecule has 192 valence electrons. The van der Waals surface area contributed by atoms with Crippen molar-refractivity contribution >= 4 is 38.1 Å². The Bertz CT molecular complexity index is 1820. The van der Waals surface area contributed by atoms with E-state index in [2.05, 4.69) is 112 Å². The fourth-order valence-electron chi connectivity index (χ4n) is 6.14. The van der Waals surface area contributed by atoms with E-state index < -0.39 is 0 Å². The van der Waals surface area contributed by atoms with Crippen LogP contribution in [0.15, 0.2) is 103 Å². The second-order valence-corrected chi connectivity index (χ2v) is 10.7. The molecular weight excluding hydrogens is 472 g/mol. The molecule has 0 N–H and O–H groups in total. The number of rotatable bonds is 7. The number of ketones is 1. The van der Waals surface area contributed by atoms with Gasteiger partial charge in [0.1, 0.15) is 0 Å². The van der Waals surface area contributed by atoms with Crippen LogP contribution >= 0.6 is 0 Å². The summed E-state index contributed by atoms with van der Waals surface area (Å²) in [6, 6.07) is 36.5. The first-order valence-electron chi connectivity index (χ1n) is 14.2. The standard InChI is InChI=1S/C38H34O/c1-4-10-26-16-20-28(21-17-26)35-36-32-14-8-6-12-30(32)25(3)24-34(36)31-13-7-9-15-33(31)37(35)38(39)29-22-18-27(11-5-2)19-23-29/h6-9,12-24H,4-5,10-11H2,1-3H3. The average molecular weight is 507 g/mol. The van der Waals surface area contributed by atoms with Gasteiger partial charge in [-0.05, 0) is 74.3 Å². The Hall–Kier alpha value is -4.23. The first-order chi connectivity index (χ1) is 19.1. The number of hydrogen-bond donors (Lipinski definition) is 0. The molecule has 0 atom stereocenters. The predicted octanol–water partition coefficient (Wildman–Crippen LogP) is 10.3. The Balaban J connectivity index is 1.75. The summed E-state index contributed by atoms with van der Waals surface area (Å²) >= 11 is 0. The lowest BCUT2D eigenvalue weighted by Crippen LogP contribution is -2.06. The van der Waals surface area contributed by atoms with Crippen LogP contribution in [-0.2, 0) is 12.8 Å². The summed E-state index contributed by atoms with van der Waals surface area (Å²) in [6.07, 6.45) is 4.28. The number of carbonyl (C=O) groups excluding carboxylic acids is 1. The van der Waals surface area contributed by atoms with E-state index >= 15 is 0 Å². The van der Waals surface area contributed by atoms with Crippen molar-refractivity contribution in [2.75, 3.05) is 0 Å². The van der Waals surface area contributed by atoms with Crippen molar-refractivity contribution in [3.63, 3.8) is 0 Å². The first-order valence-corrected chi connectivity index (χ1v) is 14.2. The van der Waals surface area contributed by atoms with Gasteiger partial charge in [0.15, 0.2) is 5.78 Å². The van der Waals surface area contributed by atoms with Crippen LogP contribution in [0.5, 0.6) is 0 Å². The largest absolute Gasteiger partial charge is 0.289 e. The van der Waals surface area contributed by atoms with Crippen LogP contribution in [0.3, 0.4) is 0 Å². The molecule has 0 spiro atoms. The van der Waals surface area contributed by atoms with E-state index in [1.807, 2.05) is 12.1 Å². The normalized spacial score (nSPS) is 11.5. The maximum Gasteiger partial charge on any atom is 0.194 e. The third kappa shape index (κ3) is 4.42. The SMILES string of the molecule is CCCc1ccc(C(=O)c2c(-c3ccc(CCC)cc3)c3c4ccccc4c(C)cc3c3ccccc23)cc1. The van der Waals surface area contributed by atoms with Crippen molar-refractivity contribution in [3.05, 3.63) is 131 Å². The summed E-state index contributed by atoms with van der Waals surface area (Å²) in [6.45, 7) is 6.58. The molecular formula is C38H34O. The fourth-order valence-corrected chi connectivity index (χ4v) is 6.14. The summed E-state index contributed by atoms with van der Waals surface area (Å²) in [5, 5.41) is 6.91. The second-order valence-electron chi connectivity index (χ2n) is 10.7. The number of benzene rings is 6. The summed E-state index contributed by atoms with van der Waals surface area (Å²) < 4.78 is 0. The van der Waals surface area contributed by atoms with Gasteiger partial charge in [-0.25, -0.2) is 0 Å². The molecule has 39 heavy (non-hydrogen) atoms. The van der Waals surface area contributed by atoms with Crippen molar-refractivity contribution < 1.29 is 4.79 Å². The van der Waals surface area contributed by atoms with E-state index in [0.29, 0.717) is 0 Å². The van der Waals surface area contributed by atoms with Crippen molar-refractivity contribution in [2.45, 2.75) is 46.5 Å². The van der Waals surface area contributed by atoms with Gasteiger partial charge in [-0.1, -0.05) is 130 Å². The van der Waals surface area contributed by atoms with Gasteiger partial charge < -0.3 is 0 Å². The van der Waals surface area contributed by atoms with Crippen LogP contribution in [0.4, 0.5) is 0 Å². The van der Waals surface area contributed by atoms with Gasteiger partial charge in [0.05, 0.1) is 0 Å². The molecule has 0 aliphatic heterocycles. The summed E-state index contributed by atoms with van der Waals surface area (Å²) in [5.41, 5.74) is 7.49. The van der Waals surface area contributed by atoms with E-state index in [1.165, 1.54) is 32.8 Å². The molecule has 0 bridgehead atoms. The van der Waals surface area contributed by atoms with Crippen molar-refractivity contribution in [1.82, 2.24) is 0 Å². The van der Waals surface area contributed by atoms with Gasteiger partial charge in [0.25, 0.3) is 0 Å². The molecule has 0 fully saturated rings. The molecule has 0 radical (unpaired) electrons. The van der Waals surface area contributed by atoms with Gasteiger partial charge in [-0.15, -0.1) is 0 Å². The molecule has 1 nitrogen and oxygen atoms in total. The molecule has 0 unspecified atom stereocenters. The lowest BCUT2D eigenvalue weighted by atomic mass is 9.82. The molecule has 0 heterocycles. The summed E-state index contributed by atoms with van der Waals surface area (Å²) in [7, 11) is 0. The minimum Gasteiger partial charge on any atom is -0.289 e. The highest BCUT2D eigenvalue weighted by Crippen LogP contribution is 2.44. The van der Waals surface area contributed by atoms with Crippen molar-refractivity contribution in [1.29, 1.82) is 0 Å². The maximum atomic E-state index is 14.5. The maximum absolute atomic E-state index is 14.5. The lowest BCUT2D eigenvalue weighted by molar-refractivity contribution is 0.104. The second kappa shape index (κ2) is 10.5. The molecule has 0 aliphatic carbocycles. The summed E-state index contributed by atoms with van der Waals surface area (Å²) in [4.78, 5) is 14.5. The first kappa shape index (κ1) is 25.1. The van der Waals surface area contributed by atoms with Gasteiger partial charge in [-0.2, -0.15) is 0 Å². The van der Waals surface area contributed by atoms with Crippen LogP contribution in [0.1, 0.15) is 59.3 Å². The topological polar surface area (TPSA) is 17.1 Å². The Morgan fingerprint density at radius 3 is 1.74 bits per heavy atom. The minimum absolute atomic E-state index is 0.0773. The third-order valence-corrected chi connectivity index (χ3v) is 8.00. The van der Waals surface area contributed by atoms with E-state index in [9.17, 15) is 4.79 Å². The molecule has 1 heteroatoms. The number of hydrogen-bond acceptors (Lipinski definition) is 1. The Morgan fingerprint density at radius 1 is 0.590 bits per heavy atom. The van der Waals surface area contributed by atoms with E-state index in [-0.39, 0.29) is 5.78 Å². The molecule has 6 aromatic rings. The van der Waals surface area contributed by atoms with Crippen molar-refractivity contribution in [3.8, 4) is 11.1 Å². The molecule has 6 rings (SSSR count). The number of fused-ring (bicyclic) bond motifs is 5. The zero-order valence-electron chi connectivity index (χ0n) is 23.1. The van der Waals surface area contributed by atoms with Gasteiger partial charge in [0, 0.05) is 16.7 Å². The minimum atomic E-state index is 0.0773. The highest BCUT2D eigenvalue weighted by atomic mass is 16.1. The van der Waals surface area contributed by atoms with Gasteiger partial charge in [0.2, 0.25) is 0 Å². The van der Waals surface area contributed by atoms with E-state index in [4.69, 9.17) is 0 Å². The molecule has 0 saturated carbocycles. The highest BCUT2D eigenvalue weighted by Gasteiger charge is 2.24. The zero-order chi connectivity index (χ0) is 26.9. The molecule has 0 saturated heterocycles. The van der Waals surface area contributed by atoms with Gasteiger partial charge in [-0.3, -0.25) is 4.79 Å². The third-order valence-electron chi connectivity index (χ3n) is 8.00. The molecule has 6 aromatic carbocycles. The van der Waals surface area contributed by atoms with Crippen molar-refractivity contribution in [2.24, 2.45) is 0 Å². The Kier molecular flexibility index (Phi) is 6.75. The monoisotopic (exact) mass is 506 g/mol. The smallest absolute Gasteiger partial charge is 0.194 e. The van der Waals surface area contributed by atoms with Crippen LogP contribution in [0, 0.1) is 6.92 Å². The van der Waals surface area contributed by atoms with Crippen LogP contribution < -0.4 is 0 Å². The molecule has 0 aromatic heterocycles. The quantitative estimate of drug-likeness (QED) is 0.155. The van der Waals surface area contributed by atoms with Crippen LogP contribution in [-0.4, -0.2) is 5.78 Å². The number of aryl methyl sites for hydroxylation is 3. The summed E-state index contributed by atoms with van der Waals surface area (Å²) in [5.74, 6) is 0.0773. The average Bonchev–Trinajstić information content (AvgIpc) is 2.98. The van der Waals surface area contributed by atoms with Crippen LogP contribution in [0.2, 0.25) is 0 Å².